The second kappa shape index (κ2) is 7.74. The summed E-state index contributed by atoms with van der Waals surface area (Å²) in [5.41, 5.74) is 0.0990. The number of hydrogen-bond donors (Lipinski definition) is 1. The van der Waals surface area contributed by atoms with Gasteiger partial charge in [-0.05, 0) is 24.3 Å². The Kier molecular flexibility index (Phi) is 5.93. The normalized spacial score (nSPS) is 11.3. The molecule has 0 spiro atoms. The standard InChI is InChI=1S/C16H16ClFN2O3S/c1-12(21)20(15-8-4-3-7-14(15)18)11-10-19-24(22,23)16-9-5-2-6-13(16)17/h2-9,19H,10-11H2,1H3. The van der Waals surface area contributed by atoms with Gasteiger partial charge in [0.15, 0.2) is 0 Å². The topological polar surface area (TPSA) is 66.5 Å². The van der Waals surface area contributed by atoms with E-state index in [1.807, 2.05) is 0 Å². The minimum Gasteiger partial charge on any atom is -0.309 e. The van der Waals surface area contributed by atoms with Crippen LogP contribution in [0.5, 0.6) is 0 Å². The van der Waals surface area contributed by atoms with Gasteiger partial charge in [-0.1, -0.05) is 35.9 Å². The van der Waals surface area contributed by atoms with E-state index >= 15 is 0 Å². The van der Waals surface area contributed by atoms with Gasteiger partial charge in [0.2, 0.25) is 15.9 Å². The highest BCUT2D eigenvalue weighted by atomic mass is 35.5. The number of nitrogens with zero attached hydrogens (tertiary/aromatic N) is 1. The number of sulfonamides is 1. The summed E-state index contributed by atoms with van der Waals surface area (Å²) in [7, 11) is -3.82. The van der Waals surface area contributed by atoms with Crippen molar-refractivity contribution in [2.24, 2.45) is 0 Å². The van der Waals surface area contributed by atoms with Crippen LogP contribution in [0.2, 0.25) is 5.02 Å². The second-order valence-electron chi connectivity index (χ2n) is 4.95. The molecular formula is C16H16ClFN2O3S. The van der Waals surface area contributed by atoms with E-state index in [1.54, 1.807) is 18.2 Å². The molecule has 0 heterocycles. The van der Waals surface area contributed by atoms with Crippen LogP contribution in [0, 0.1) is 5.82 Å². The molecule has 1 amide bonds. The van der Waals surface area contributed by atoms with Crippen LogP contribution in [0.25, 0.3) is 0 Å². The van der Waals surface area contributed by atoms with Crippen molar-refractivity contribution in [3.63, 3.8) is 0 Å². The summed E-state index contributed by atoms with van der Waals surface area (Å²) < 4.78 is 40.7. The molecule has 0 atom stereocenters. The van der Waals surface area contributed by atoms with Gasteiger partial charge >= 0.3 is 0 Å². The molecule has 128 valence electrons. The number of amides is 1. The Hall–Kier alpha value is -1.96. The van der Waals surface area contributed by atoms with Crippen molar-refractivity contribution in [3.05, 3.63) is 59.4 Å². The van der Waals surface area contributed by atoms with Gasteiger partial charge in [0, 0.05) is 20.0 Å². The van der Waals surface area contributed by atoms with Gasteiger partial charge in [0.05, 0.1) is 10.7 Å². The lowest BCUT2D eigenvalue weighted by Gasteiger charge is -2.22. The third kappa shape index (κ3) is 4.31. The summed E-state index contributed by atoms with van der Waals surface area (Å²) >= 11 is 5.88. The van der Waals surface area contributed by atoms with E-state index in [9.17, 15) is 17.6 Å². The van der Waals surface area contributed by atoms with Crippen molar-refractivity contribution >= 4 is 33.2 Å². The van der Waals surface area contributed by atoms with E-state index in [0.29, 0.717) is 0 Å². The molecule has 0 saturated heterocycles. The Balaban J connectivity index is 2.10. The van der Waals surface area contributed by atoms with E-state index in [-0.39, 0.29) is 28.7 Å². The predicted octanol–water partition coefficient (Wildman–Crippen LogP) is 2.81. The van der Waals surface area contributed by atoms with Gasteiger partial charge in [-0.25, -0.2) is 17.5 Å². The van der Waals surface area contributed by atoms with Crippen molar-refractivity contribution in [2.75, 3.05) is 18.0 Å². The summed E-state index contributed by atoms with van der Waals surface area (Å²) in [4.78, 5) is 12.9. The molecule has 0 unspecified atom stereocenters. The van der Waals surface area contributed by atoms with Gasteiger partial charge in [-0.3, -0.25) is 4.79 Å². The minimum atomic E-state index is -3.82. The predicted molar refractivity (Wildman–Crippen MR) is 91.1 cm³/mol. The SMILES string of the molecule is CC(=O)N(CCNS(=O)(=O)c1ccccc1Cl)c1ccccc1F. The zero-order valence-electron chi connectivity index (χ0n) is 12.9. The Morgan fingerprint density at radius 1 is 1.17 bits per heavy atom. The van der Waals surface area contributed by atoms with Crippen LogP contribution in [-0.4, -0.2) is 27.4 Å². The number of hydrogen-bond acceptors (Lipinski definition) is 3. The number of rotatable bonds is 6. The van der Waals surface area contributed by atoms with Crippen molar-refractivity contribution < 1.29 is 17.6 Å². The lowest BCUT2D eigenvalue weighted by molar-refractivity contribution is -0.116. The molecule has 8 heteroatoms. The summed E-state index contributed by atoms with van der Waals surface area (Å²) in [5, 5.41) is 0.0996. The molecule has 1 N–H and O–H groups in total. The van der Waals surface area contributed by atoms with E-state index in [0.717, 1.165) is 0 Å². The second-order valence-corrected chi connectivity index (χ2v) is 7.09. The Labute approximate surface area is 145 Å². The highest BCUT2D eigenvalue weighted by Gasteiger charge is 2.19. The van der Waals surface area contributed by atoms with E-state index < -0.39 is 21.7 Å². The first-order valence-electron chi connectivity index (χ1n) is 7.10. The van der Waals surface area contributed by atoms with E-state index in [2.05, 4.69) is 4.72 Å². The van der Waals surface area contributed by atoms with E-state index in [4.69, 9.17) is 11.6 Å². The summed E-state index contributed by atoms with van der Waals surface area (Å²) in [5.74, 6) is -0.946. The van der Waals surface area contributed by atoms with Crippen LogP contribution in [0.1, 0.15) is 6.92 Å². The molecule has 0 aliphatic heterocycles. The molecule has 0 aliphatic rings. The number of para-hydroxylation sites is 1. The van der Waals surface area contributed by atoms with Crippen molar-refractivity contribution in [1.82, 2.24) is 4.72 Å². The molecule has 0 bridgehead atoms. The quantitative estimate of drug-likeness (QED) is 0.850. The third-order valence-electron chi connectivity index (χ3n) is 3.28. The number of anilines is 1. The van der Waals surface area contributed by atoms with Crippen molar-refractivity contribution in [1.29, 1.82) is 0 Å². The maximum atomic E-state index is 13.8. The molecular weight excluding hydrogens is 355 g/mol. The van der Waals surface area contributed by atoms with Crippen LogP contribution < -0.4 is 9.62 Å². The first kappa shape index (κ1) is 18.4. The lowest BCUT2D eigenvalue weighted by Crippen LogP contribution is -2.38. The first-order chi connectivity index (χ1) is 11.3. The van der Waals surface area contributed by atoms with Gasteiger partial charge in [0.25, 0.3) is 0 Å². The molecule has 0 fully saturated rings. The van der Waals surface area contributed by atoms with Crippen LogP contribution >= 0.6 is 11.6 Å². The molecule has 2 rings (SSSR count). The third-order valence-corrected chi connectivity index (χ3v) is 5.24. The average molecular weight is 371 g/mol. The molecule has 24 heavy (non-hydrogen) atoms. The lowest BCUT2D eigenvalue weighted by atomic mass is 10.2. The number of halogens is 2. The first-order valence-corrected chi connectivity index (χ1v) is 8.96. The maximum absolute atomic E-state index is 13.8. The minimum absolute atomic E-state index is 0.0139. The number of carbonyl (C=O) groups excluding carboxylic acids is 1. The van der Waals surface area contributed by atoms with Gasteiger partial charge in [-0.15, -0.1) is 0 Å². The zero-order chi connectivity index (χ0) is 17.7. The summed E-state index contributed by atoms with van der Waals surface area (Å²) in [6.07, 6.45) is 0. The highest BCUT2D eigenvalue weighted by molar-refractivity contribution is 7.89. The van der Waals surface area contributed by atoms with Crippen molar-refractivity contribution in [2.45, 2.75) is 11.8 Å². The highest BCUT2D eigenvalue weighted by Crippen LogP contribution is 2.21. The average Bonchev–Trinajstić information content (AvgIpc) is 2.52. The molecule has 0 aliphatic carbocycles. The molecule has 0 radical (unpaired) electrons. The molecule has 2 aromatic carbocycles. The van der Waals surface area contributed by atoms with Gasteiger partial charge in [-0.2, -0.15) is 0 Å². The summed E-state index contributed by atoms with van der Waals surface area (Å²) in [6.45, 7) is 1.19. The number of nitrogens with one attached hydrogen (secondary N) is 1. The van der Waals surface area contributed by atoms with E-state index in [1.165, 1.54) is 42.2 Å². The van der Waals surface area contributed by atoms with Crippen LogP contribution in [0.3, 0.4) is 0 Å². The van der Waals surface area contributed by atoms with Crippen LogP contribution in [0.4, 0.5) is 10.1 Å². The Morgan fingerprint density at radius 3 is 2.42 bits per heavy atom. The molecule has 5 nitrogen and oxygen atoms in total. The van der Waals surface area contributed by atoms with Crippen LogP contribution in [0.15, 0.2) is 53.4 Å². The number of carbonyl (C=O) groups is 1. The fraction of sp³-hybridized carbons (Fsp3) is 0.188. The molecule has 0 saturated carbocycles. The van der Waals surface area contributed by atoms with Crippen molar-refractivity contribution in [3.8, 4) is 0 Å². The van der Waals surface area contributed by atoms with Gasteiger partial charge < -0.3 is 4.90 Å². The fourth-order valence-corrected chi connectivity index (χ4v) is 3.69. The summed E-state index contributed by atoms with van der Waals surface area (Å²) in [6, 6.07) is 11.8. The smallest absolute Gasteiger partial charge is 0.242 e. The molecule has 2 aromatic rings. The molecule has 0 aromatic heterocycles. The van der Waals surface area contributed by atoms with Crippen LogP contribution in [-0.2, 0) is 14.8 Å². The number of benzene rings is 2. The monoisotopic (exact) mass is 370 g/mol. The largest absolute Gasteiger partial charge is 0.309 e. The zero-order valence-corrected chi connectivity index (χ0v) is 14.4. The van der Waals surface area contributed by atoms with Gasteiger partial charge in [0.1, 0.15) is 10.7 Å². The Bertz CT molecular complexity index is 843. The Morgan fingerprint density at radius 2 is 1.79 bits per heavy atom. The fourth-order valence-electron chi connectivity index (χ4n) is 2.15. The maximum Gasteiger partial charge on any atom is 0.242 e.